The molecule has 2 atom stereocenters. The molecule has 7 nitrogen and oxygen atoms in total. The van der Waals surface area contributed by atoms with Crippen LogP contribution in [0.25, 0.3) is 0 Å². The molecule has 4 rings (SSSR count). The first-order valence-electron chi connectivity index (χ1n) is 10.4. The number of fused-ring (bicyclic) bond motifs is 1. The molecule has 0 saturated heterocycles. The van der Waals surface area contributed by atoms with Crippen LogP contribution >= 0.6 is 0 Å². The first-order valence-corrected chi connectivity index (χ1v) is 12.3. The molecule has 0 spiro atoms. The van der Waals surface area contributed by atoms with Crippen molar-refractivity contribution in [1.29, 1.82) is 0 Å². The molecule has 2 unspecified atom stereocenters. The number of hydrogen-bond acceptors (Lipinski definition) is 5. The van der Waals surface area contributed by atoms with Crippen molar-refractivity contribution in [3.8, 4) is 0 Å². The van der Waals surface area contributed by atoms with Crippen molar-refractivity contribution in [1.82, 2.24) is 19.5 Å². The summed E-state index contributed by atoms with van der Waals surface area (Å²) in [5.74, 6) is 2.23. The number of ether oxygens (including phenoxy) is 1. The summed E-state index contributed by atoms with van der Waals surface area (Å²) in [4.78, 5) is 4.49. The van der Waals surface area contributed by atoms with Gasteiger partial charge in [0.2, 0.25) is 10.0 Å². The van der Waals surface area contributed by atoms with E-state index in [0.29, 0.717) is 31.2 Å². The number of nitrogens with zero attached hydrogens (tertiary/aromatic N) is 3. The molecule has 1 fully saturated rings. The van der Waals surface area contributed by atoms with E-state index in [4.69, 9.17) is 4.74 Å². The maximum absolute atomic E-state index is 11.8. The zero-order chi connectivity index (χ0) is 20.4. The number of nitrogens with one attached hydrogen (secondary N) is 1. The minimum absolute atomic E-state index is 0.165. The molecular weight excluding hydrogens is 388 g/mol. The van der Waals surface area contributed by atoms with Gasteiger partial charge in [-0.25, -0.2) is 22.8 Å². The van der Waals surface area contributed by atoms with Gasteiger partial charge in [-0.2, -0.15) is 5.10 Å². The summed E-state index contributed by atoms with van der Waals surface area (Å²) in [5, 5.41) is 4.52. The zero-order valence-electron chi connectivity index (χ0n) is 17.1. The monoisotopic (exact) mass is 418 g/mol. The Balaban J connectivity index is 1.39. The highest BCUT2D eigenvalue weighted by Gasteiger charge is 2.34. The lowest BCUT2D eigenvalue weighted by atomic mass is 9.83. The molecule has 1 aliphatic carbocycles. The molecule has 2 aliphatic rings. The van der Waals surface area contributed by atoms with Gasteiger partial charge in [-0.1, -0.05) is 30.3 Å². The van der Waals surface area contributed by atoms with Gasteiger partial charge in [-0.3, -0.25) is 0 Å². The van der Waals surface area contributed by atoms with E-state index in [2.05, 4.69) is 45.1 Å². The Labute approximate surface area is 172 Å². The third-order valence-electron chi connectivity index (χ3n) is 6.08. The van der Waals surface area contributed by atoms with Gasteiger partial charge in [-0.15, -0.1) is 0 Å². The van der Waals surface area contributed by atoms with Crippen LogP contribution in [-0.2, 0) is 21.2 Å². The summed E-state index contributed by atoms with van der Waals surface area (Å²) >= 11 is 0. The second-order valence-electron chi connectivity index (χ2n) is 8.34. The Kier molecular flexibility index (Phi) is 6.03. The second kappa shape index (κ2) is 8.53. The fraction of sp³-hybridized carbons (Fsp3) is 0.619. The van der Waals surface area contributed by atoms with E-state index in [1.807, 2.05) is 11.6 Å². The number of hydrogen-bond donors (Lipinski definition) is 1. The maximum Gasteiger partial charge on any atom is 0.209 e. The first kappa shape index (κ1) is 20.5. The summed E-state index contributed by atoms with van der Waals surface area (Å²) in [6.07, 6.45) is 7.14. The van der Waals surface area contributed by atoms with Gasteiger partial charge in [0.05, 0.1) is 25.0 Å². The van der Waals surface area contributed by atoms with E-state index in [9.17, 15) is 8.42 Å². The van der Waals surface area contributed by atoms with Crippen LogP contribution in [0.1, 0.15) is 61.3 Å². The number of benzene rings is 1. The van der Waals surface area contributed by atoms with Gasteiger partial charge in [0.25, 0.3) is 0 Å². The van der Waals surface area contributed by atoms with Crippen molar-refractivity contribution in [2.45, 2.75) is 69.6 Å². The van der Waals surface area contributed by atoms with Gasteiger partial charge in [0.1, 0.15) is 11.6 Å². The predicted molar refractivity (Wildman–Crippen MR) is 111 cm³/mol. The van der Waals surface area contributed by atoms with Gasteiger partial charge in [0.15, 0.2) is 0 Å². The van der Waals surface area contributed by atoms with E-state index in [1.54, 1.807) is 0 Å². The maximum atomic E-state index is 11.8. The molecule has 8 heteroatoms. The molecule has 1 N–H and O–H groups in total. The van der Waals surface area contributed by atoms with E-state index in [-0.39, 0.29) is 18.2 Å². The van der Waals surface area contributed by atoms with Crippen LogP contribution in [0.15, 0.2) is 30.3 Å². The van der Waals surface area contributed by atoms with Crippen LogP contribution in [0.5, 0.6) is 0 Å². The third-order valence-corrected chi connectivity index (χ3v) is 6.81. The number of rotatable bonds is 6. The lowest BCUT2D eigenvalue weighted by Crippen LogP contribution is -2.46. The number of aromatic nitrogens is 3. The summed E-state index contributed by atoms with van der Waals surface area (Å²) in [6.45, 7) is 2.32. The predicted octanol–water partition coefficient (Wildman–Crippen LogP) is 2.73. The molecule has 158 valence electrons. The zero-order valence-corrected chi connectivity index (χ0v) is 17.9. The normalized spacial score (nSPS) is 27.5. The second-order valence-corrected chi connectivity index (χ2v) is 10.1. The molecule has 0 radical (unpaired) electrons. The highest BCUT2D eigenvalue weighted by Crippen LogP contribution is 2.34. The van der Waals surface area contributed by atoms with Gasteiger partial charge in [0, 0.05) is 12.5 Å². The van der Waals surface area contributed by atoms with Crippen LogP contribution in [0, 0.1) is 6.92 Å². The molecule has 0 amide bonds. The van der Waals surface area contributed by atoms with Crippen molar-refractivity contribution in [2.75, 3.05) is 12.9 Å². The topological polar surface area (TPSA) is 86.1 Å². The van der Waals surface area contributed by atoms with E-state index >= 15 is 0 Å². The Morgan fingerprint density at radius 1 is 1.14 bits per heavy atom. The fourth-order valence-corrected chi connectivity index (χ4v) is 5.50. The lowest BCUT2D eigenvalue weighted by molar-refractivity contribution is -0.00350. The Hall–Kier alpha value is -1.77. The lowest BCUT2D eigenvalue weighted by Gasteiger charge is -2.34. The van der Waals surface area contributed by atoms with E-state index in [0.717, 1.165) is 31.5 Å². The Morgan fingerprint density at radius 2 is 1.86 bits per heavy atom. The van der Waals surface area contributed by atoms with Crippen LogP contribution in [0.3, 0.4) is 0 Å². The van der Waals surface area contributed by atoms with Crippen LogP contribution in [0.2, 0.25) is 0 Å². The van der Waals surface area contributed by atoms with Crippen molar-refractivity contribution < 1.29 is 13.2 Å². The number of aryl methyl sites for hydroxylation is 2. The molecule has 29 heavy (non-hydrogen) atoms. The van der Waals surface area contributed by atoms with Crippen molar-refractivity contribution in [3.63, 3.8) is 0 Å². The molecule has 0 bridgehead atoms. The Morgan fingerprint density at radius 3 is 2.55 bits per heavy atom. The van der Waals surface area contributed by atoms with Crippen LogP contribution in [-0.4, -0.2) is 48.2 Å². The summed E-state index contributed by atoms with van der Waals surface area (Å²) in [5.41, 5.74) is 1.42. The standard InChI is InChI=1S/C21H30N4O3S/c1-15-22-21-13-12-19(24-29(2,26)27)20(25(21)23-15)14-28-18-10-8-17(9-11-18)16-6-4-3-5-7-16/h3-7,17-20,24H,8-14H2,1-2H3/t17-,18+,19?,20?. The largest absolute Gasteiger partial charge is 0.376 e. The average Bonchev–Trinajstić information content (AvgIpc) is 3.07. The van der Waals surface area contributed by atoms with Gasteiger partial charge < -0.3 is 4.74 Å². The fourth-order valence-electron chi connectivity index (χ4n) is 4.68. The molecule has 2 heterocycles. The third kappa shape index (κ3) is 5.05. The van der Waals surface area contributed by atoms with E-state index < -0.39 is 10.0 Å². The molecule has 1 aromatic carbocycles. The van der Waals surface area contributed by atoms with E-state index in [1.165, 1.54) is 11.8 Å². The molecule has 1 aliphatic heterocycles. The molecule has 1 saturated carbocycles. The highest BCUT2D eigenvalue weighted by molar-refractivity contribution is 7.88. The van der Waals surface area contributed by atoms with Crippen LogP contribution < -0.4 is 4.72 Å². The van der Waals surface area contributed by atoms with Crippen molar-refractivity contribution in [3.05, 3.63) is 47.5 Å². The van der Waals surface area contributed by atoms with Crippen molar-refractivity contribution in [2.24, 2.45) is 0 Å². The summed E-state index contributed by atoms with van der Waals surface area (Å²) in [6, 6.07) is 10.3. The van der Waals surface area contributed by atoms with Crippen molar-refractivity contribution >= 4 is 10.0 Å². The Bertz CT molecular complexity index is 921. The van der Waals surface area contributed by atoms with Gasteiger partial charge >= 0.3 is 0 Å². The minimum atomic E-state index is -3.30. The molecular formula is C21H30N4O3S. The summed E-state index contributed by atoms with van der Waals surface area (Å²) < 4.78 is 34.6. The van der Waals surface area contributed by atoms with Crippen LogP contribution in [0.4, 0.5) is 0 Å². The number of sulfonamides is 1. The minimum Gasteiger partial charge on any atom is -0.376 e. The highest BCUT2D eigenvalue weighted by atomic mass is 32.2. The summed E-state index contributed by atoms with van der Waals surface area (Å²) in [7, 11) is -3.30. The quantitative estimate of drug-likeness (QED) is 0.780. The first-order chi connectivity index (χ1) is 13.9. The van der Waals surface area contributed by atoms with Gasteiger partial charge in [-0.05, 0) is 50.5 Å². The SMILES string of the molecule is Cc1nc2n(n1)C(CO[C@H]1CC[C@@H](c3ccccc3)CC1)C(NS(C)(=O)=O)CC2. The molecule has 1 aromatic heterocycles. The smallest absolute Gasteiger partial charge is 0.209 e. The molecule has 2 aromatic rings. The average molecular weight is 419 g/mol.